The summed E-state index contributed by atoms with van der Waals surface area (Å²) >= 11 is 6.05. The van der Waals surface area contributed by atoms with Gasteiger partial charge in [0.15, 0.2) is 0 Å². The van der Waals surface area contributed by atoms with Crippen LogP contribution in [0.5, 0.6) is 0 Å². The van der Waals surface area contributed by atoms with Crippen LogP contribution in [0.3, 0.4) is 0 Å². The van der Waals surface area contributed by atoms with Crippen LogP contribution in [0.25, 0.3) is 0 Å². The number of morpholine rings is 1. The van der Waals surface area contributed by atoms with Gasteiger partial charge in [0.25, 0.3) is 5.91 Å². The minimum absolute atomic E-state index is 0.422. The molecule has 3 rings (SSSR count). The molecule has 1 atom stereocenters. The van der Waals surface area contributed by atoms with E-state index < -0.39 is 11.6 Å². The number of aryl methyl sites for hydroxylation is 1. The van der Waals surface area contributed by atoms with Crippen LogP contribution in [0.15, 0.2) is 12.1 Å². The third-order valence-corrected chi connectivity index (χ3v) is 3.92. The van der Waals surface area contributed by atoms with Gasteiger partial charge >= 0.3 is 0 Å². The minimum Gasteiger partial charge on any atom is -0.379 e. The second kappa shape index (κ2) is 4.45. The van der Waals surface area contributed by atoms with E-state index in [-0.39, 0.29) is 0 Å². The molecule has 0 spiro atoms. The fourth-order valence-electron chi connectivity index (χ4n) is 2.71. The summed E-state index contributed by atoms with van der Waals surface area (Å²) in [6.07, 6.45) is 0. The molecular weight excluding hydrogens is 268 g/mol. The van der Waals surface area contributed by atoms with E-state index >= 15 is 0 Å². The first-order valence-electron chi connectivity index (χ1n) is 6.20. The van der Waals surface area contributed by atoms with Crippen molar-refractivity contribution in [2.24, 2.45) is 0 Å². The number of carbonyl (C=O) groups excluding carboxylic acids is 1. The van der Waals surface area contributed by atoms with Gasteiger partial charge in [0.2, 0.25) is 5.72 Å². The van der Waals surface area contributed by atoms with E-state index in [2.05, 4.69) is 5.32 Å². The molecule has 2 aliphatic rings. The monoisotopic (exact) mass is 282 g/mol. The number of nitrogens with one attached hydrogen (secondary N) is 1. The van der Waals surface area contributed by atoms with Gasteiger partial charge in [-0.1, -0.05) is 11.6 Å². The standard InChI is InChI=1S/C13H15ClN2O3/c1-8-6-9(14)7-10-11(8)15-12(17)13(10,18)16-2-4-19-5-3-16/h6-7,18H,2-5H2,1H3,(H,15,17)/t13-/m0/s1. The first-order valence-corrected chi connectivity index (χ1v) is 6.58. The molecule has 6 heteroatoms. The highest BCUT2D eigenvalue weighted by Crippen LogP contribution is 2.42. The van der Waals surface area contributed by atoms with Crippen molar-refractivity contribution in [1.29, 1.82) is 0 Å². The zero-order valence-electron chi connectivity index (χ0n) is 10.6. The molecule has 5 nitrogen and oxygen atoms in total. The molecule has 2 N–H and O–H groups in total. The van der Waals surface area contributed by atoms with Crippen LogP contribution in [0.1, 0.15) is 11.1 Å². The van der Waals surface area contributed by atoms with E-state index in [1.54, 1.807) is 17.0 Å². The Morgan fingerprint density at radius 1 is 1.42 bits per heavy atom. The van der Waals surface area contributed by atoms with Crippen LogP contribution in [0.2, 0.25) is 5.02 Å². The number of rotatable bonds is 1. The van der Waals surface area contributed by atoms with Gasteiger partial charge in [-0.15, -0.1) is 0 Å². The number of anilines is 1. The maximum absolute atomic E-state index is 12.2. The summed E-state index contributed by atoms with van der Waals surface area (Å²) in [6.45, 7) is 3.88. The molecule has 0 radical (unpaired) electrons. The Bertz CT molecular complexity index is 543. The maximum Gasteiger partial charge on any atom is 0.276 e. The molecule has 0 aliphatic carbocycles. The van der Waals surface area contributed by atoms with Crippen molar-refractivity contribution in [1.82, 2.24) is 4.90 Å². The molecule has 19 heavy (non-hydrogen) atoms. The van der Waals surface area contributed by atoms with Gasteiger partial charge in [-0.2, -0.15) is 0 Å². The topological polar surface area (TPSA) is 61.8 Å². The van der Waals surface area contributed by atoms with Gasteiger partial charge in [-0.05, 0) is 24.6 Å². The van der Waals surface area contributed by atoms with Gasteiger partial charge in [-0.3, -0.25) is 9.69 Å². The largest absolute Gasteiger partial charge is 0.379 e. The summed E-state index contributed by atoms with van der Waals surface area (Å²) in [5.74, 6) is -0.422. The number of hydrogen-bond acceptors (Lipinski definition) is 4. The normalized spacial score (nSPS) is 27.2. The Hall–Kier alpha value is -1.14. The molecule has 1 saturated heterocycles. The maximum atomic E-state index is 12.2. The Balaban J connectivity index is 2.10. The van der Waals surface area contributed by atoms with Crippen molar-refractivity contribution >= 4 is 23.2 Å². The number of hydrogen-bond donors (Lipinski definition) is 2. The fourth-order valence-corrected chi connectivity index (χ4v) is 2.98. The summed E-state index contributed by atoms with van der Waals surface area (Å²) in [7, 11) is 0. The van der Waals surface area contributed by atoms with Gasteiger partial charge < -0.3 is 15.2 Å². The number of fused-ring (bicyclic) bond motifs is 1. The average molecular weight is 283 g/mol. The number of nitrogens with zero attached hydrogens (tertiary/aromatic N) is 1. The smallest absolute Gasteiger partial charge is 0.276 e. The lowest BCUT2D eigenvalue weighted by molar-refractivity contribution is -0.168. The number of halogens is 1. The second-order valence-electron chi connectivity index (χ2n) is 4.87. The molecule has 2 aliphatic heterocycles. The molecule has 1 fully saturated rings. The van der Waals surface area contributed by atoms with Crippen LogP contribution in [-0.4, -0.2) is 42.2 Å². The Labute approximate surface area is 116 Å². The second-order valence-corrected chi connectivity index (χ2v) is 5.31. The quantitative estimate of drug-likeness (QED) is 0.809. The lowest BCUT2D eigenvalue weighted by Gasteiger charge is -2.37. The summed E-state index contributed by atoms with van der Waals surface area (Å²) in [5.41, 5.74) is 0.391. The van der Waals surface area contributed by atoms with Crippen LogP contribution in [-0.2, 0) is 15.3 Å². The zero-order valence-corrected chi connectivity index (χ0v) is 11.3. The van der Waals surface area contributed by atoms with Crippen molar-refractivity contribution in [2.45, 2.75) is 12.6 Å². The van der Waals surface area contributed by atoms with Crippen molar-refractivity contribution in [3.05, 3.63) is 28.3 Å². The Morgan fingerprint density at radius 2 is 2.11 bits per heavy atom. The predicted octanol–water partition coefficient (Wildman–Crippen LogP) is 1.08. The predicted molar refractivity (Wildman–Crippen MR) is 71.1 cm³/mol. The minimum atomic E-state index is -1.64. The number of amides is 1. The molecular formula is C13H15ClN2O3. The highest BCUT2D eigenvalue weighted by atomic mass is 35.5. The van der Waals surface area contributed by atoms with Crippen LogP contribution in [0.4, 0.5) is 5.69 Å². The molecule has 102 valence electrons. The van der Waals surface area contributed by atoms with E-state index in [9.17, 15) is 9.90 Å². The Morgan fingerprint density at radius 3 is 2.79 bits per heavy atom. The number of benzene rings is 1. The molecule has 0 bridgehead atoms. The van der Waals surface area contributed by atoms with E-state index in [1.807, 2.05) is 6.92 Å². The van der Waals surface area contributed by atoms with Gasteiger partial charge in [-0.25, -0.2) is 0 Å². The molecule has 0 aromatic heterocycles. The molecule has 0 unspecified atom stereocenters. The van der Waals surface area contributed by atoms with E-state index in [4.69, 9.17) is 16.3 Å². The number of ether oxygens (including phenoxy) is 1. The summed E-state index contributed by atoms with van der Waals surface area (Å²) in [6, 6.07) is 3.42. The van der Waals surface area contributed by atoms with Gasteiger partial charge in [0, 0.05) is 23.7 Å². The lowest BCUT2D eigenvalue weighted by Crippen LogP contribution is -2.55. The SMILES string of the molecule is Cc1cc(Cl)cc2c1NC(=O)[C@]2(O)N1CCOCC1. The Kier molecular flexibility index (Phi) is 3.02. The van der Waals surface area contributed by atoms with Crippen molar-refractivity contribution < 1.29 is 14.6 Å². The highest BCUT2D eigenvalue weighted by Gasteiger charge is 2.50. The number of carbonyl (C=O) groups is 1. The van der Waals surface area contributed by atoms with Crippen LogP contribution >= 0.6 is 11.6 Å². The fraction of sp³-hybridized carbons (Fsp3) is 0.462. The van der Waals surface area contributed by atoms with Crippen molar-refractivity contribution in [2.75, 3.05) is 31.6 Å². The zero-order chi connectivity index (χ0) is 13.6. The number of aliphatic hydroxyl groups is 1. The molecule has 1 aromatic rings. The van der Waals surface area contributed by atoms with Crippen molar-refractivity contribution in [3.63, 3.8) is 0 Å². The summed E-state index contributed by atoms with van der Waals surface area (Å²) in [4.78, 5) is 14.0. The van der Waals surface area contributed by atoms with Gasteiger partial charge in [0.1, 0.15) is 0 Å². The molecule has 1 amide bonds. The van der Waals surface area contributed by atoms with E-state index in [1.165, 1.54) is 0 Å². The highest BCUT2D eigenvalue weighted by molar-refractivity contribution is 6.31. The third kappa shape index (κ3) is 1.85. The van der Waals surface area contributed by atoms with E-state index in [0.717, 1.165) is 5.56 Å². The van der Waals surface area contributed by atoms with Gasteiger partial charge in [0.05, 0.1) is 18.9 Å². The summed E-state index contributed by atoms with van der Waals surface area (Å²) in [5, 5.41) is 14.1. The van der Waals surface area contributed by atoms with Crippen LogP contribution in [0, 0.1) is 6.92 Å². The third-order valence-electron chi connectivity index (χ3n) is 3.70. The average Bonchev–Trinajstić information content (AvgIpc) is 2.66. The lowest BCUT2D eigenvalue weighted by atomic mass is 9.99. The molecule has 2 heterocycles. The van der Waals surface area contributed by atoms with Crippen LogP contribution < -0.4 is 5.32 Å². The molecule has 0 saturated carbocycles. The first-order chi connectivity index (χ1) is 9.03. The molecule has 1 aromatic carbocycles. The summed E-state index contributed by atoms with van der Waals surface area (Å²) < 4.78 is 5.26. The van der Waals surface area contributed by atoms with Crippen molar-refractivity contribution in [3.8, 4) is 0 Å². The first kappa shape index (κ1) is 12.9. The van der Waals surface area contributed by atoms with E-state index in [0.29, 0.717) is 42.6 Å².